The number of hydrogen-bond donors (Lipinski definition) is 0. The Labute approximate surface area is 738 Å². The molecule has 0 aliphatic carbocycles. The fraction of sp³-hybridized carbons (Fsp3) is 0.128. The molecule has 0 atom stereocenters. The Morgan fingerprint density at radius 1 is 0.414 bits per heavy atom. The maximum Gasteiger partial charge on any atom is 0.180 e. The van der Waals surface area contributed by atoms with E-state index in [2.05, 4.69) is 202 Å². The number of para-hydroxylation sites is 2. The van der Waals surface area contributed by atoms with E-state index in [9.17, 15) is 0 Å². The number of thiazole rings is 1. The van der Waals surface area contributed by atoms with Gasteiger partial charge in [-0.05, 0) is 113 Å². The molecule has 0 fully saturated rings. The molecule has 0 spiro atoms. The maximum atomic E-state index is 5.46. The zero-order valence-electron chi connectivity index (χ0n) is 63.4. The zero-order valence-corrected chi connectivity index (χ0v) is 76.2. The Bertz CT molecular complexity index is 6610. The van der Waals surface area contributed by atoms with Crippen LogP contribution >= 0.6 is 11.3 Å². The summed E-state index contributed by atoms with van der Waals surface area (Å²) < 4.78 is 29.1. The second-order valence-corrected chi connectivity index (χ2v) is 27.4. The number of nitrogens with zero attached hydrogens (tertiary/aromatic N) is 21. The molecule has 0 saturated carbocycles. The second-order valence-electron chi connectivity index (χ2n) is 26.5. The first-order valence-electron chi connectivity index (χ1n) is 35.4. The van der Waals surface area contributed by atoms with Crippen molar-refractivity contribution in [1.82, 2.24) is 103 Å². The average Bonchev–Trinajstić information content (AvgIpc) is 1.54. The Morgan fingerprint density at radius 2 is 0.922 bits per heavy atom. The summed E-state index contributed by atoms with van der Waals surface area (Å²) in [5.41, 5.74) is 26.1. The van der Waals surface area contributed by atoms with Crippen LogP contribution in [0.3, 0.4) is 0 Å². The van der Waals surface area contributed by atoms with Crippen molar-refractivity contribution in [3.8, 4) is 96.3 Å². The van der Waals surface area contributed by atoms with Crippen LogP contribution in [-0.4, -0.2) is 103 Å². The predicted octanol–water partition coefficient (Wildman–Crippen LogP) is 17.7. The summed E-state index contributed by atoms with van der Waals surface area (Å²) in [6, 6.07) is 74.4. The number of hydrogen-bond acceptors (Lipinski definition) is 19. The predicted molar refractivity (Wildman–Crippen MR) is 426 cm³/mol. The molecule has 0 aliphatic heterocycles. The van der Waals surface area contributed by atoms with Gasteiger partial charge in [-0.2, -0.15) is 25.5 Å². The summed E-state index contributed by atoms with van der Waals surface area (Å²) in [5.74, 6) is 4.85. The van der Waals surface area contributed by atoms with Gasteiger partial charge >= 0.3 is 0 Å². The molecule has 24 nitrogen and oxygen atoms in total. The van der Waals surface area contributed by atoms with Gasteiger partial charge in [0.15, 0.2) is 18.7 Å². The molecule has 0 saturated heterocycles. The largest absolute Gasteiger partial charge is 0.464 e. The van der Waals surface area contributed by atoms with Gasteiger partial charge in [-0.25, -0.2) is 0 Å². The monoisotopic (exact) mass is 2440 g/mol. The third kappa shape index (κ3) is 17.8. The van der Waals surface area contributed by atoms with Crippen molar-refractivity contribution in [1.29, 1.82) is 0 Å². The van der Waals surface area contributed by atoms with E-state index in [4.69, 9.17) is 13.3 Å². The van der Waals surface area contributed by atoms with E-state index in [1.54, 1.807) is 55.4 Å². The summed E-state index contributed by atoms with van der Waals surface area (Å²) in [4.78, 5) is 21.9. The van der Waals surface area contributed by atoms with Crippen LogP contribution in [-0.2, 0) is 121 Å². The second kappa shape index (κ2) is 38.6. The van der Waals surface area contributed by atoms with E-state index < -0.39 is 0 Å². The van der Waals surface area contributed by atoms with Crippen molar-refractivity contribution in [2.24, 2.45) is 20.0 Å². The van der Waals surface area contributed by atoms with Crippen molar-refractivity contribution < 1.29 is 114 Å². The number of benzene rings is 10. The van der Waals surface area contributed by atoms with Gasteiger partial charge in [-0.3, -0.25) is 24.9 Å². The molecule has 0 amide bonds. The Kier molecular flexibility index (Phi) is 28.5. The molecule has 10 aromatic carbocycles. The fourth-order valence-electron chi connectivity index (χ4n) is 13.6. The fourth-order valence-corrected chi connectivity index (χ4v) is 14.2. The number of aryl methyl sites for hydroxylation is 7. The van der Waals surface area contributed by atoms with E-state index in [0.717, 1.165) is 146 Å². The molecule has 20 rings (SSSR count). The summed E-state index contributed by atoms with van der Waals surface area (Å²) in [6.07, 6.45) is 13.3. The Balaban J connectivity index is 0.000000143. The molecular weight excluding hydrogens is 2370 g/mol. The normalized spacial score (nSPS) is 10.7. The number of fused-ring (bicyclic) bond motifs is 5. The van der Waals surface area contributed by atoms with Crippen LogP contribution in [0.1, 0.15) is 42.0 Å². The van der Waals surface area contributed by atoms with Crippen LogP contribution in [0.15, 0.2) is 245 Å². The topological polar surface area (TPSA) is 262 Å². The zero-order chi connectivity index (χ0) is 76.1. The van der Waals surface area contributed by atoms with Crippen LogP contribution in [0.2, 0.25) is 0 Å². The number of imidazole rings is 1. The number of aromatic nitrogens is 21. The molecule has 20 aromatic rings. The van der Waals surface area contributed by atoms with Gasteiger partial charge in [-0.1, -0.05) is 145 Å². The number of rotatable bonds is 12. The molecule has 10 heterocycles. The molecule has 0 aliphatic rings. The molecule has 5 radical (unpaired) electrons. The molecule has 10 aromatic heterocycles. The summed E-state index contributed by atoms with van der Waals surface area (Å²) in [5, 5.41) is 41.5. The van der Waals surface area contributed by atoms with Gasteiger partial charge in [0, 0.05) is 178 Å². The minimum atomic E-state index is 0. The average molecular weight is 2440 g/mol. The van der Waals surface area contributed by atoms with E-state index in [-0.39, 0.29) is 101 Å². The van der Waals surface area contributed by atoms with Gasteiger partial charge in [0.2, 0.25) is 0 Å². The van der Waals surface area contributed by atoms with Crippen LogP contribution in [0.5, 0.6) is 0 Å². The van der Waals surface area contributed by atoms with Crippen molar-refractivity contribution in [3.63, 3.8) is 0 Å². The minimum absolute atomic E-state index is 0. The van der Waals surface area contributed by atoms with Crippen molar-refractivity contribution in [2.45, 2.75) is 55.0 Å². The quantitative estimate of drug-likeness (QED) is 0.103. The van der Waals surface area contributed by atoms with Crippen LogP contribution in [0, 0.1) is 70.9 Å². The molecule has 0 unspecified atom stereocenters. The minimum Gasteiger partial charge on any atom is -0.464 e. The van der Waals surface area contributed by atoms with E-state index in [1.807, 2.05) is 169 Å². The smallest absolute Gasteiger partial charge is 0.180 e. The van der Waals surface area contributed by atoms with Crippen molar-refractivity contribution >= 4 is 65.9 Å². The van der Waals surface area contributed by atoms with E-state index in [1.165, 1.54) is 35.0 Å². The van der Waals surface area contributed by atoms with Gasteiger partial charge < -0.3 is 40.7 Å². The SMILES string of the molecule is CC(C)Cn1cnnc1-c1[c-]ccc2ocnc12.Cc1cccc(C)c1-c1cc(C)c(-n2cnnc2-c2[c-]ccc3ocnc23)c(C)c1.Cc1nc2c(-c3nncn3C)[c-]ccc2o1.Cn1cnc2c(-c3nncn3-c3ccccc3)[c-]ccc21.[Ir].[Ir].[Ir].[Ir].[Ir].[c-]1ccc2scnc2c1-c1nncn1-c1ccccc1-c1ccccc1. The summed E-state index contributed by atoms with van der Waals surface area (Å²) in [6.45, 7) is 15.6. The number of oxazole rings is 3. The van der Waals surface area contributed by atoms with Crippen molar-refractivity contribution in [3.05, 3.63) is 291 Å². The van der Waals surface area contributed by atoms with Gasteiger partial charge in [0.05, 0.1) is 57.7 Å². The van der Waals surface area contributed by atoms with E-state index in [0.29, 0.717) is 23.2 Å². The van der Waals surface area contributed by atoms with Crippen LogP contribution in [0.25, 0.3) is 151 Å². The van der Waals surface area contributed by atoms with Gasteiger partial charge in [-0.15, -0.1) is 110 Å². The summed E-state index contributed by atoms with van der Waals surface area (Å²) >= 11 is 1.61. The van der Waals surface area contributed by atoms with Gasteiger partial charge in [0.1, 0.15) is 31.6 Å². The Morgan fingerprint density at radius 3 is 1.56 bits per heavy atom. The first-order chi connectivity index (χ1) is 54.3. The van der Waals surface area contributed by atoms with Crippen LogP contribution < -0.4 is 0 Å². The molecule has 0 N–H and O–H groups in total. The first kappa shape index (κ1) is 85.8. The maximum absolute atomic E-state index is 5.46. The summed E-state index contributed by atoms with van der Waals surface area (Å²) in [7, 11) is 3.86. The third-order valence-electron chi connectivity index (χ3n) is 18.5. The van der Waals surface area contributed by atoms with Gasteiger partial charge in [0.25, 0.3) is 0 Å². The molecule has 116 heavy (non-hydrogen) atoms. The molecular formula is C86H68Ir5N21O3S-5. The third-order valence-corrected chi connectivity index (χ3v) is 19.3. The van der Waals surface area contributed by atoms with Crippen LogP contribution in [0.4, 0.5) is 0 Å². The molecule has 30 heteroatoms. The van der Waals surface area contributed by atoms with Crippen molar-refractivity contribution in [2.75, 3.05) is 0 Å². The molecule has 0 bridgehead atoms. The molecule has 591 valence electrons. The first-order valence-corrected chi connectivity index (χ1v) is 36.3. The van der Waals surface area contributed by atoms with E-state index >= 15 is 0 Å². The Hall–Kier alpha value is -11.1. The standard InChI is InChI=1S/C25H21N4O.C21H13N4S.C16H12N5.C13H13N4O.C11H9N4O.5Ir/c1-15-7-5-8-16(2)22(15)19-11-17(3)24(18(4)12-19)29-13-27-28-25(29)20-9-6-10-21-23(20)26-14-30-21;1-2-7-15(8-3-1)16-9-4-5-11-18(16)25-13-23-24-21(25)17-10-6-12-19-20(17)22-14-26-19;1-20-10-17-15-13(8-5-9-14(15)20)16-19-18-11-21(16)12-6-3-2-4-7-12;1-9(2)6-17-7-15-16-13(17)10-4-3-5-11-12(10)14-8-18-11;1-7-13-10-8(4-3-5-9(10)16-7)11-14-12-6-15(11)2;;;;;/h5-8,10-14H,1-4H3;1-9,11-14H;2-7,9-11H,1H3;3,5,7-9H,6H2,1-2H3;3,5-6H,1-2H3;;;;;/q5*-1;;;;;.